The largest absolute Gasteiger partial charge is 0.228 e. The molecule has 0 bridgehead atoms. The maximum atomic E-state index is 5.19. The van der Waals surface area contributed by atoms with Crippen molar-refractivity contribution in [3.63, 3.8) is 0 Å². The Bertz CT molecular complexity index is 2430. The van der Waals surface area contributed by atoms with Crippen LogP contribution >= 0.6 is 0 Å². The molecule has 0 aliphatic rings. The summed E-state index contributed by atoms with van der Waals surface area (Å²) in [5.74, 6) is 0.759. The summed E-state index contributed by atoms with van der Waals surface area (Å²) in [5, 5.41) is 9.63. The second-order valence-corrected chi connectivity index (χ2v) is 11.0. The van der Waals surface area contributed by atoms with E-state index >= 15 is 0 Å². The third kappa shape index (κ3) is 3.39. The van der Waals surface area contributed by atoms with Crippen molar-refractivity contribution in [3.05, 3.63) is 146 Å². The SMILES string of the molecule is c1ccc(-c2cc(-c3cccc4ccccc34)c3ccc4nc(-c5cccc6ccccc56)nc5ccc2c3c54)cc1. The van der Waals surface area contributed by atoms with Crippen LogP contribution in [0.2, 0.25) is 0 Å². The maximum Gasteiger partial charge on any atom is 0.161 e. The van der Waals surface area contributed by atoms with E-state index in [1.807, 2.05) is 0 Å². The molecule has 0 unspecified atom stereocenters. The van der Waals surface area contributed by atoms with Crippen LogP contribution in [-0.4, -0.2) is 9.97 Å². The maximum absolute atomic E-state index is 5.19. The molecule has 2 heteroatoms. The first-order valence-electron chi connectivity index (χ1n) is 14.3. The Balaban J connectivity index is 1.40. The van der Waals surface area contributed by atoms with Crippen molar-refractivity contribution < 1.29 is 0 Å². The molecule has 8 aromatic carbocycles. The molecular weight excluding hydrogens is 508 g/mol. The van der Waals surface area contributed by atoms with Gasteiger partial charge in [0.1, 0.15) is 0 Å². The Labute approximate surface area is 242 Å². The predicted octanol–water partition coefficient (Wildman–Crippen LogP) is 10.7. The zero-order chi connectivity index (χ0) is 27.6. The molecule has 42 heavy (non-hydrogen) atoms. The van der Waals surface area contributed by atoms with Crippen LogP contribution in [0.15, 0.2) is 146 Å². The first-order chi connectivity index (χ1) is 20.8. The number of nitrogens with zero attached hydrogens (tertiary/aromatic N) is 2. The van der Waals surface area contributed by atoms with Crippen molar-refractivity contribution in [2.24, 2.45) is 0 Å². The molecule has 9 rings (SSSR count). The van der Waals surface area contributed by atoms with E-state index in [9.17, 15) is 0 Å². The highest BCUT2D eigenvalue weighted by Crippen LogP contribution is 2.45. The van der Waals surface area contributed by atoms with E-state index in [1.165, 1.54) is 54.6 Å². The second kappa shape index (κ2) is 8.95. The molecule has 9 aromatic rings. The van der Waals surface area contributed by atoms with Gasteiger partial charge in [-0.3, -0.25) is 0 Å². The molecule has 0 saturated carbocycles. The van der Waals surface area contributed by atoms with E-state index in [1.54, 1.807) is 0 Å². The molecular formula is C40H24N2. The fourth-order valence-corrected chi connectivity index (χ4v) is 6.73. The van der Waals surface area contributed by atoms with Gasteiger partial charge in [-0.15, -0.1) is 0 Å². The average Bonchev–Trinajstić information content (AvgIpc) is 3.06. The molecule has 0 atom stereocenters. The van der Waals surface area contributed by atoms with Crippen molar-refractivity contribution in [2.75, 3.05) is 0 Å². The Morgan fingerprint density at radius 2 is 0.881 bits per heavy atom. The first-order valence-corrected chi connectivity index (χ1v) is 14.3. The zero-order valence-corrected chi connectivity index (χ0v) is 22.8. The van der Waals surface area contributed by atoms with Crippen LogP contribution < -0.4 is 0 Å². The molecule has 0 N–H and O–H groups in total. The molecule has 194 valence electrons. The van der Waals surface area contributed by atoms with Gasteiger partial charge in [-0.2, -0.15) is 0 Å². The summed E-state index contributed by atoms with van der Waals surface area (Å²) in [4.78, 5) is 10.4. The quantitative estimate of drug-likeness (QED) is 0.212. The normalized spacial score (nSPS) is 11.8. The highest BCUT2D eigenvalue weighted by atomic mass is 14.9. The van der Waals surface area contributed by atoms with Gasteiger partial charge in [0.15, 0.2) is 5.82 Å². The smallest absolute Gasteiger partial charge is 0.161 e. The lowest BCUT2D eigenvalue weighted by molar-refractivity contribution is 1.27. The second-order valence-electron chi connectivity index (χ2n) is 11.0. The molecule has 0 radical (unpaired) electrons. The van der Waals surface area contributed by atoms with Crippen LogP contribution in [-0.2, 0) is 0 Å². The number of hydrogen-bond acceptors (Lipinski definition) is 2. The highest BCUT2D eigenvalue weighted by Gasteiger charge is 2.20. The van der Waals surface area contributed by atoms with Crippen LogP contribution in [0.4, 0.5) is 0 Å². The fraction of sp³-hybridized carbons (Fsp3) is 0. The lowest BCUT2D eigenvalue weighted by Crippen LogP contribution is -1.96. The van der Waals surface area contributed by atoms with Crippen molar-refractivity contribution in [1.82, 2.24) is 9.97 Å². The minimum Gasteiger partial charge on any atom is -0.228 e. The highest BCUT2D eigenvalue weighted by molar-refractivity contribution is 6.28. The molecule has 0 amide bonds. The minimum atomic E-state index is 0.759. The molecule has 2 nitrogen and oxygen atoms in total. The third-order valence-corrected chi connectivity index (χ3v) is 8.63. The fourth-order valence-electron chi connectivity index (χ4n) is 6.73. The van der Waals surface area contributed by atoms with Gasteiger partial charge in [-0.1, -0.05) is 127 Å². The van der Waals surface area contributed by atoms with E-state index < -0.39 is 0 Å². The Kier molecular flexibility index (Phi) is 4.93. The van der Waals surface area contributed by atoms with Crippen molar-refractivity contribution in [1.29, 1.82) is 0 Å². The molecule has 1 heterocycles. The summed E-state index contributed by atoms with van der Waals surface area (Å²) in [5.41, 5.74) is 7.88. The van der Waals surface area contributed by atoms with Crippen molar-refractivity contribution in [2.45, 2.75) is 0 Å². The van der Waals surface area contributed by atoms with Crippen LogP contribution in [0.3, 0.4) is 0 Å². The summed E-state index contributed by atoms with van der Waals surface area (Å²) in [6, 6.07) is 52.0. The van der Waals surface area contributed by atoms with Crippen molar-refractivity contribution >= 4 is 54.1 Å². The predicted molar refractivity (Wildman–Crippen MR) is 177 cm³/mol. The first kappa shape index (κ1) is 23.1. The average molecular weight is 533 g/mol. The van der Waals surface area contributed by atoms with Crippen LogP contribution in [0.1, 0.15) is 0 Å². The summed E-state index contributed by atoms with van der Waals surface area (Å²) in [6.45, 7) is 0. The molecule has 0 aliphatic carbocycles. The van der Waals surface area contributed by atoms with E-state index in [0.29, 0.717) is 0 Å². The molecule has 0 aliphatic heterocycles. The van der Waals surface area contributed by atoms with Gasteiger partial charge in [0.2, 0.25) is 0 Å². The molecule has 0 saturated heterocycles. The van der Waals surface area contributed by atoms with Gasteiger partial charge in [0, 0.05) is 16.3 Å². The molecule has 0 spiro atoms. The van der Waals surface area contributed by atoms with Gasteiger partial charge in [-0.25, -0.2) is 9.97 Å². The van der Waals surface area contributed by atoms with Crippen molar-refractivity contribution in [3.8, 4) is 33.6 Å². The standard InChI is InChI=1S/C40H24N2/c1-2-10-27(11-3-1)34-24-35(30-18-8-14-25-12-4-6-16-28(25)30)32-21-23-37-39-36(22-20-31(34)38(32)39)41-40(42-37)33-19-9-15-26-13-5-7-17-29(26)33/h1-24H. The Morgan fingerprint density at radius 3 is 1.57 bits per heavy atom. The van der Waals surface area contributed by atoms with E-state index in [0.717, 1.165) is 33.2 Å². The van der Waals surface area contributed by atoms with Crippen LogP contribution in [0, 0.1) is 0 Å². The van der Waals surface area contributed by atoms with Gasteiger partial charge in [0.05, 0.1) is 11.0 Å². The Hall–Kier alpha value is -5.60. The summed E-state index contributed by atoms with van der Waals surface area (Å²) < 4.78 is 0. The summed E-state index contributed by atoms with van der Waals surface area (Å²) in [6.07, 6.45) is 0. The van der Waals surface area contributed by atoms with E-state index in [2.05, 4.69) is 146 Å². The lowest BCUT2D eigenvalue weighted by atomic mass is 9.86. The van der Waals surface area contributed by atoms with Gasteiger partial charge in [-0.05, 0) is 72.8 Å². The number of rotatable bonds is 3. The topological polar surface area (TPSA) is 25.8 Å². The third-order valence-electron chi connectivity index (χ3n) is 8.63. The van der Waals surface area contributed by atoms with E-state index in [4.69, 9.17) is 9.97 Å². The minimum absolute atomic E-state index is 0.759. The van der Waals surface area contributed by atoms with Crippen LogP contribution in [0.25, 0.3) is 87.8 Å². The Morgan fingerprint density at radius 1 is 0.333 bits per heavy atom. The number of benzene rings is 8. The van der Waals surface area contributed by atoms with Gasteiger partial charge in [0.25, 0.3) is 0 Å². The number of aromatic nitrogens is 2. The number of fused-ring (bicyclic) bond motifs is 2. The van der Waals surface area contributed by atoms with Gasteiger partial charge < -0.3 is 0 Å². The molecule has 0 fully saturated rings. The monoisotopic (exact) mass is 532 g/mol. The zero-order valence-electron chi connectivity index (χ0n) is 22.8. The van der Waals surface area contributed by atoms with Crippen LogP contribution in [0.5, 0.6) is 0 Å². The summed E-state index contributed by atoms with van der Waals surface area (Å²) in [7, 11) is 0. The van der Waals surface area contributed by atoms with E-state index in [-0.39, 0.29) is 0 Å². The van der Waals surface area contributed by atoms with Gasteiger partial charge >= 0.3 is 0 Å². The molecule has 1 aromatic heterocycles. The lowest BCUT2D eigenvalue weighted by Gasteiger charge is -2.19. The number of hydrogen-bond donors (Lipinski definition) is 0. The summed E-state index contributed by atoms with van der Waals surface area (Å²) >= 11 is 0.